The molecule has 0 heterocycles. The van der Waals surface area contributed by atoms with E-state index >= 15 is 0 Å². The number of carboxylic acid groups (broad SMARTS) is 1. The Labute approximate surface area is 114 Å². The molecule has 104 valence electrons. The Bertz CT molecular complexity index is 408. The summed E-state index contributed by atoms with van der Waals surface area (Å²) in [5.74, 6) is 0.591. The highest BCUT2D eigenvalue weighted by Gasteiger charge is 2.13. The van der Waals surface area contributed by atoms with Crippen molar-refractivity contribution in [1.82, 2.24) is 0 Å². The van der Waals surface area contributed by atoms with E-state index in [4.69, 9.17) is 9.84 Å². The average Bonchev–Trinajstić information content (AvgIpc) is 2.44. The molecule has 0 amide bonds. The van der Waals surface area contributed by atoms with Crippen LogP contribution in [0.3, 0.4) is 0 Å². The van der Waals surface area contributed by atoms with Gasteiger partial charge in [0.05, 0.1) is 0 Å². The molecule has 1 aliphatic rings. The van der Waals surface area contributed by atoms with Crippen LogP contribution in [0.25, 0.3) is 0 Å². The van der Waals surface area contributed by atoms with E-state index in [2.05, 4.69) is 6.07 Å². The smallest absolute Gasteiger partial charge is 0.341 e. The third kappa shape index (κ3) is 4.93. The molecule has 0 saturated heterocycles. The van der Waals surface area contributed by atoms with Gasteiger partial charge in [-0.2, -0.15) is 0 Å². The van der Waals surface area contributed by atoms with Crippen LogP contribution < -0.4 is 4.74 Å². The molecule has 2 rings (SSSR count). The number of hydrogen-bond donors (Lipinski definition) is 1. The summed E-state index contributed by atoms with van der Waals surface area (Å²) in [4.78, 5) is 10.5. The predicted molar refractivity (Wildman–Crippen MR) is 74.5 cm³/mol. The highest BCUT2D eigenvalue weighted by atomic mass is 16.5. The first-order valence-electron chi connectivity index (χ1n) is 7.17. The second kappa shape index (κ2) is 7.17. The summed E-state index contributed by atoms with van der Waals surface area (Å²) in [6.07, 6.45) is 9.20. The van der Waals surface area contributed by atoms with E-state index in [1.807, 2.05) is 18.2 Å². The Hall–Kier alpha value is -1.51. The van der Waals surface area contributed by atoms with Crippen molar-refractivity contribution in [3.8, 4) is 5.75 Å². The Morgan fingerprint density at radius 1 is 1.26 bits per heavy atom. The SMILES string of the molecule is O=C(O)COc1cccc(CCC2CCCCC2)c1. The third-order valence-electron chi connectivity index (χ3n) is 3.83. The standard InChI is InChI=1S/C16H22O3/c17-16(18)12-19-15-8-4-7-14(11-15)10-9-13-5-2-1-3-6-13/h4,7-8,11,13H,1-3,5-6,9-10,12H2,(H,17,18). The Morgan fingerprint density at radius 2 is 2.05 bits per heavy atom. The first-order valence-corrected chi connectivity index (χ1v) is 7.17. The number of aryl methyl sites for hydroxylation is 1. The molecule has 1 fully saturated rings. The maximum absolute atomic E-state index is 10.5. The molecule has 19 heavy (non-hydrogen) atoms. The molecule has 3 nitrogen and oxygen atoms in total. The molecule has 1 aromatic rings. The molecule has 0 bridgehead atoms. The van der Waals surface area contributed by atoms with Crippen molar-refractivity contribution in [2.45, 2.75) is 44.9 Å². The van der Waals surface area contributed by atoms with Crippen LogP contribution in [0.5, 0.6) is 5.75 Å². The zero-order valence-electron chi connectivity index (χ0n) is 11.3. The minimum absolute atomic E-state index is 0.272. The Kier molecular flexibility index (Phi) is 5.25. The molecule has 0 aliphatic heterocycles. The van der Waals surface area contributed by atoms with Crippen molar-refractivity contribution < 1.29 is 14.6 Å². The molecule has 0 radical (unpaired) electrons. The van der Waals surface area contributed by atoms with E-state index in [9.17, 15) is 4.79 Å². The van der Waals surface area contributed by atoms with E-state index < -0.39 is 5.97 Å². The molecule has 1 aliphatic carbocycles. The summed E-state index contributed by atoms with van der Waals surface area (Å²) in [6.45, 7) is -0.272. The van der Waals surface area contributed by atoms with E-state index in [0.29, 0.717) is 5.75 Å². The summed E-state index contributed by atoms with van der Waals surface area (Å²) >= 11 is 0. The van der Waals surface area contributed by atoms with Crippen LogP contribution in [-0.4, -0.2) is 17.7 Å². The molecule has 1 aromatic carbocycles. The molecule has 1 N–H and O–H groups in total. The number of benzene rings is 1. The van der Waals surface area contributed by atoms with Gasteiger partial charge in [0.1, 0.15) is 5.75 Å². The lowest BCUT2D eigenvalue weighted by atomic mass is 9.85. The molecule has 0 atom stereocenters. The zero-order valence-corrected chi connectivity index (χ0v) is 11.3. The van der Waals surface area contributed by atoms with Gasteiger partial charge in [0.15, 0.2) is 6.61 Å². The highest BCUT2D eigenvalue weighted by Crippen LogP contribution is 2.27. The summed E-state index contributed by atoms with van der Waals surface area (Å²) in [7, 11) is 0. The number of ether oxygens (including phenoxy) is 1. The van der Waals surface area contributed by atoms with Gasteiger partial charge in [-0.1, -0.05) is 44.2 Å². The van der Waals surface area contributed by atoms with Crippen LogP contribution >= 0.6 is 0 Å². The van der Waals surface area contributed by atoms with Gasteiger partial charge in [-0.15, -0.1) is 0 Å². The molecular weight excluding hydrogens is 240 g/mol. The fourth-order valence-corrected chi connectivity index (χ4v) is 2.78. The largest absolute Gasteiger partial charge is 0.482 e. The normalized spacial score (nSPS) is 16.2. The number of hydrogen-bond acceptors (Lipinski definition) is 2. The topological polar surface area (TPSA) is 46.5 Å². The Balaban J connectivity index is 1.82. The summed E-state index contributed by atoms with van der Waals surface area (Å²) in [6, 6.07) is 7.81. The maximum Gasteiger partial charge on any atom is 0.341 e. The summed E-state index contributed by atoms with van der Waals surface area (Å²) in [5, 5.41) is 8.59. The van der Waals surface area contributed by atoms with Crippen molar-refractivity contribution in [2.75, 3.05) is 6.61 Å². The Morgan fingerprint density at radius 3 is 2.79 bits per heavy atom. The van der Waals surface area contributed by atoms with Crippen LogP contribution in [0.4, 0.5) is 0 Å². The molecular formula is C16H22O3. The predicted octanol–water partition coefficient (Wildman–Crippen LogP) is 3.66. The molecule has 3 heteroatoms. The van der Waals surface area contributed by atoms with Crippen LogP contribution in [0.2, 0.25) is 0 Å². The van der Waals surface area contributed by atoms with E-state index in [0.717, 1.165) is 12.3 Å². The van der Waals surface area contributed by atoms with Gasteiger partial charge in [0.2, 0.25) is 0 Å². The van der Waals surface area contributed by atoms with Gasteiger partial charge < -0.3 is 9.84 Å². The van der Waals surface area contributed by atoms with Crippen LogP contribution in [0.15, 0.2) is 24.3 Å². The highest BCUT2D eigenvalue weighted by molar-refractivity contribution is 5.68. The second-order valence-corrected chi connectivity index (χ2v) is 5.37. The van der Waals surface area contributed by atoms with Crippen molar-refractivity contribution >= 4 is 5.97 Å². The van der Waals surface area contributed by atoms with Crippen LogP contribution in [0, 0.1) is 5.92 Å². The van der Waals surface area contributed by atoms with Gasteiger partial charge in [0.25, 0.3) is 0 Å². The summed E-state index contributed by atoms with van der Waals surface area (Å²) < 4.78 is 5.20. The lowest BCUT2D eigenvalue weighted by Gasteiger charge is -2.21. The first-order chi connectivity index (χ1) is 9.24. The van der Waals surface area contributed by atoms with Crippen LogP contribution in [-0.2, 0) is 11.2 Å². The lowest BCUT2D eigenvalue weighted by Crippen LogP contribution is -2.09. The molecule has 0 spiro atoms. The molecule has 0 aromatic heterocycles. The van der Waals surface area contributed by atoms with E-state index in [1.165, 1.54) is 44.1 Å². The quantitative estimate of drug-likeness (QED) is 0.851. The minimum Gasteiger partial charge on any atom is -0.482 e. The van der Waals surface area contributed by atoms with Gasteiger partial charge in [-0.3, -0.25) is 0 Å². The van der Waals surface area contributed by atoms with Gasteiger partial charge in [-0.25, -0.2) is 4.79 Å². The molecule has 1 saturated carbocycles. The second-order valence-electron chi connectivity index (χ2n) is 5.37. The number of carbonyl (C=O) groups is 1. The van der Waals surface area contributed by atoms with E-state index in [1.54, 1.807) is 0 Å². The van der Waals surface area contributed by atoms with Gasteiger partial charge in [0, 0.05) is 0 Å². The third-order valence-corrected chi connectivity index (χ3v) is 3.83. The maximum atomic E-state index is 10.5. The van der Waals surface area contributed by atoms with Crippen LogP contribution in [0.1, 0.15) is 44.1 Å². The number of rotatable bonds is 6. The van der Waals surface area contributed by atoms with Crippen molar-refractivity contribution in [3.05, 3.63) is 29.8 Å². The van der Waals surface area contributed by atoms with Gasteiger partial charge in [-0.05, 0) is 36.5 Å². The fourth-order valence-electron chi connectivity index (χ4n) is 2.78. The van der Waals surface area contributed by atoms with Gasteiger partial charge >= 0.3 is 5.97 Å². The monoisotopic (exact) mass is 262 g/mol. The average molecular weight is 262 g/mol. The summed E-state index contributed by atoms with van der Waals surface area (Å²) in [5.41, 5.74) is 1.24. The number of aliphatic carboxylic acids is 1. The van der Waals surface area contributed by atoms with Crippen molar-refractivity contribution in [3.63, 3.8) is 0 Å². The minimum atomic E-state index is -0.937. The first kappa shape index (κ1) is 13.9. The lowest BCUT2D eigenvalue weighted by molar-refractivity contribution is -0.139. The number of carboxylic acids is 1. The zero-order chi connectivity index (χ0) is 13.5. The molecule has 0 unspecified atom stereocenters. The van der Waals surface area contributed by atoms with Crippen molar-refractivity contribution in [2.24, 2.45) is 5.92 Å². The fraction of sp³-hybridized carbons (Fsp3) is 0.562. The van der Waals surface area contributed by atoms with E-state index in [-0.39, 0.29) is 6.61 Å². The van der Waals surface area contributed by atoms with Crippen molar-refractivity contribution in [1.29, 1.82) is 0 Å².